The average molecular weight is 198 g/mol. The van der Waals surface area contributed by atoms with Gasteiger partial charge in [0, 0.05) is 33.7 Å². The standard InChI is InChI=1S/C7H15NO3.ClH/c1-10-7(11-2)3-4-8-5-6(7)9;/h6,8-9H,3-5H2,1-2H3;1H. The van der Waals surface area contributed by atoms with Gasteiger partial charge in [0.05, 0.1) is 0 Å². The highest BCUT2D eigenvalue weighted by Crippen LogP contribution is 2.22. The molecule has 4 nitrogen and oxygen atoms in total. The topological polar surface area (TPSA) is 50.7 Å². The summed E-state index contributed by atoms with van der Waals surface area (Å²) in [7, 11) is 3.11. The zero-order valence-corrected chi connectivity index (χ0v) is 8.19. The summed E-state index contributed by atoms with van der Waals surface area (Å²) in [6.45, 7) is 1.35. The fourth-order valence-electron chi connectivity index (χ4n) is 1.38. The second-order valence-corrected chi connectivity index (χ2v) is 2.69. The molecule has 1 fully saturated rings. The van der Waals surface area contributed by atoms with Gasteiger partial charge in [-0.05, 0) is 0 Å². The molecule has 1 aliphatic heterocycles. The molecule has 1 unspecified atom stereocenters. The van der Waals surface area contributed by atoms with E-state index in [1.807, 2.05) is 0 Å². The predicted molar refractivity (Wildman–Crippen MR) is 47.5 cm³/mol. The number of methoxy groups -OCH3 is 2. The van der Waals surface area contributed by atoms with Crippen LogP contribution in [-0.2, 0) is 9.47 Å². The molecule has 0 spiro atoms. The molecule has 0 amide bonds. The van der Waals surface area contributed by atoms with E-state index in [0.717, 1.165) is 6.54 Å². The summed E-state index contributed by atoms with van der Waals surface area (Å²) in [5.41, 5.74) is 0. The Morgan fingerprint density at radius 2 is 2.00 bits per heavy atom. The number of hydrogen-bond donors (Lipinski definition) is 2. The molecule has 12 heavy (non-hydrogen) atoms. The first-order valence-electron chi connectivity index (χ1n) is 3.74. The summed E-state index contributed by atoms with van der Waals surface area (Å²) >= 11 is 0. The number of rotatable bonds is 2. The van der Waals surface area contributed by atoms with E-state index in [1.165, 1.54) is 0 Å². The lowest BCUT2D eigenvalue weighted by Crippen LogP contribution is -2.56. The SMILES string of the molecule is COC1(OC)CCNCC1O.Cl. The number of hydrogen-bond acceptors (Lipinski definition) is 4. The van der Waals surface area contributed by atoms with Crippen LogP contribution in [0.3, 0.4) is 0 Å². The van der Waals surface area contributed by atoms with Crippen molar-refractivity contribution in [1.29, 1.82) is 0 Å². The molecule has 2 N–H and O–H groups in total. The Morgan fingerprint density at radius 3 is 2.33 bits per heavy atom. The van der Waals surface area contributed by atoms with Gasteiger partial charge in [-0.1, -0.05) is 0 Å². The average Bonchev–Trinajstić information content (AvgIpc) is 2.06. The summed E-state index contributed by atoms with van der Waals surface area (Å²) < 4.78 is 10.3. The molecule has 1 atom stereocenters. The van der Waals surface area contributed by atoms with Gasteiger partial charge in [0.2, 0.25) is 0 Å². The fraction of sp³-hybridized carbons (Fsp3) is 1.00. The Balaban J connectivity index is 0.00000121. The quantitative estimate of drug-likeness (QED) is 0.600. The molecule has 1 heterocycles. The van der Waals surface area contributed by atoms with Crippen molar-refractivity contribution < 1.29 is 14.6 Å². The van der Waals surface area contributed by atoms with E-state index in [-0.39, 0.29) is 12.4 Å². The van der Waals surface area contributed by atoms with Crippen LogP contribution in [0.25, 0.3) is 0 Å². The smallest absolute Gasteiger partial charge is 0.196 e. The van der Waals surface area contributed by atoms with Gasteiger partial charge in [0.15, 0.2) is 5.79 Å². The maximum atomic E-state index is 9.51. The van der Waals surface area contributed by atoms with E-state index in [9.17, 15) is 5.11 Å². The van der Waals surface area contributed by atoms with Crippen LogP contribution in [0.1, 0.15) is 6.42 Å². The number of halogens is 1. The van der Waals surface area contributed by atoms with Crippen molar-refractivity contribution in [3.63, 3.8) is 0 Å². The Hall–Kier alpha value is 0.130. The zero-order chi connectivity index (χ0) is 8.32. The Kier molecular flexibility index (Phi) is 5.04. The second-order valence-electron chi connectivity index (χ2n) is 2.69. The van der Waals surface area contributed by atoms with Crippen LogP contribution in [0.5, 0.6) is 0 Å². The number of aliphatic hydroxyl groups is 1. The Bertz CT molecular complexity index is 130. The third-order valence-corrected chi connectivity index (χ3v) is 2.19. The summed E-state index contributed by atoms with van der Waals surface area (Å²) in [4.78, 5) is 0. The van der Waals surface area contributed by atoms with E-state index >= 15 is 0 Å². The number of ether oxygens (including phenoxy) is 2. The van der Waals surface area contributed by atoms with Gasteiger partial charge in [-0.25, -0.2) is 0 Å². The maximum absolute atomic E-state index is 9.51. The van der Waals surface area contributed by atoms with Crippen molar-refractivity contribution in [3.8, 4) is 0 Å². The molecule has 0 saturated carbocycles. The molecule has 1 saturated heterocycles. The van der Waals surface area contributed by atoms with Gasteiger partial charge in [-0.3, -0.25) is 0 Å². The number of nitrogens with one attached hydrogen (secondary N) is 1. The lowest BCUT2D eigenvalue weighted by Gasteiger charge is -2.38. The normalized spacial score (nSPS) is 27.8. The van der Waals surface area contributed by atoms with Crippen LogP contribution in [0, 0.1) is 0 Å². The lowest BCUT2D eigenvalue weighted by atomic mass is 10.0. The van der Waals surface area contributed by atoms with Crippen molar-refractivity contribution in [2.75, 3.05) is 27.3 Å². The third kappa shape index (κ3) is 2.08. The molecule has 5 heteroatoms. The zero-order valence-electron chi connectivity index (χ0n) is 7.37. The molecule has 74 valence electrons. The molecule has 0 aromatic rings. The van der Waals surface area contributed by atoms with Gasteiger partial charge < -0.3 is 19.9 Å². The minimum absolute atomic E-state index is 0. The first kappa shape index (κ1) is 12.1. The largest absolute Gasteiger partial charge is 0.386 e. The minimum atomic E-state index is -0.786. The van der Waals surface area contributed by atoms with Crippen LogP contribution in [0.4, 0.5) is 0 Å². The summed E-state index contributed by atoms with van der Waals surface area (Å²) in [6.07, 6.45) is 0.104. The number of β-amino-alcohol motifs (C(OH)–C–C–N with tert-alkyl or cyclic N) is 1. The van der Waals surface area contributed by atoms with E-state index in [4.69, 9.17) is 9.47 Å². The van der Waals surface area contributed by atoms with Crippen molar-refractivity contribution in [1.82, 2.24) is 5.32 Å². The van der Waals surface area contributed by atoms with Crippen molar-refractivity contribution in [3.05, 3.63) is 0 Å². The van der Waals surface area contributed by atoms with Crippen LogP contribution in [0.2, 0.25) is 0 Å². The molecule has 0 aliphatic carbocycles. The Labute approximate surface area is 78.6 Å². The summed E-state index contributed by atoms with van der Waals surface area (Å²) in [5.74, 6) is -0.786. The first-order valence-corrected chi connectivity index (χ1v) is 3.74. The predicted octanol–water partition coefficient (Wildman–Crippen LogP) is -0.249. The lowest BCUT2D eigenvalue weighted by molar-refractivity contribution is -0.267. The molecule has 0 bridgehead atoms. The number of aliphatic hydroxyl groups excluding tert-OH is 1. The van der Waals surface area contributed by atoms with Crippen LogP contribution in [-0.4, -0.2) is 44.3 Å². The van der Waals surface area contributed by atoms with Gasteiger partial charge in [0.1, 0.15) is 6.10 Å². The van der Waals surface area contributed by atoms with Crippen molar-refractivity contribution in [2.45, 2.75) is 18.3 Å². The van der Waals surface area contributed by atoms with Gasteiger partial charge >= 0.3 is 0 Å². The Morgan fingerprint density at radius 1 is 1.42 bits per heavy atom. The van der Waals surface area contributed by atoms with Gasteiger partial charge in [0.25, 0.3) is 0 Å². The maximum Gasteiger partial charge on any atom is 0.196 e. The summed E-state index contributed by atoms with van der Waals surface area (Å²) in [5, 5.41) is 12.6. The summed E-state index contributed by atoms with van der Waals surface area (Å²) in [6, 6.07) is 0. The monoisotopic (exact) mass is 197 g/mol. The molecule has 0 radical (unpaired) electrons. The van der Waals surface area contributed by atoms with E-state index in [2.05, 4.69) is 5.32 Å². The molecular formula is C7H16ClNO3. The van der Waals surface area contributed by atoms with Crippen LogP contribution < -0.4 is 5.32 Å². The third-order valence-electron chi connectivity index (χ3n) is 2.19. The minimum Gasteiger partial charge on any atom is -0.386 e. The van der Waals surface area contributed by atoms with E-state index < -0.39 is 11.9 Å². The molecule has 1 aliphatic rings. The molecule has 0 aromatic heterocycles. The van der Waals surface area contributed by atoms with E-state index in [1.54, 1.807) is 14.2 Å². The highest BCUT2D eigenvalue weighted by molar-refractivity contribution is 5.85. The van der Waals surface area contributed by atoms with Crippen LogP contribution in [0.15, 0.2) is 0 Å². The molecule has 1 rings (SSSR count). The highest BCUT2D eigenvalue weighted by Gasteiger charge is 2.40. The highest BCUT2D eigenvalue weighted by atomic mass is 35.5. The first-order chi connectivity index (χ1) is 5.25. The number of piperidine rings is 1. The van der Waals surface area contributed by atoms with Gasteiger partial charge in [-0.2, -0.15) is 0 Å². The van der Waals surface area contributed by atoms with Crippen LogP contribution >= 0.6 is 12.4 Å². The van der Waals surface area contributed by atoms with Crippen molar-refractivity contribution in [2.24, 2.45) is 0 Å². The van der Waals surface area contributed by atoms with E-state index in [0.29, 0.717) is 13.0 Å². The molecular weight excluding hydrogens is 182 g/mol. The fourth-order valence-corrected chi connectivity index (χ4v) is 1.38. The van der Waals surface area contributed by atoms with Crippen molar-refractivity contribution >= 4 is 12.4 Å². The second kappa shape index (κ2) is 4.99. The molecule has 0 aromatic carbocycles. The van der Waals surface area contributed by atoms with Gasteiger partial charge in [-0.15, -0.1) is 12.4 Å².